The summed E-state index contributed by atoms with van der Waals surface area (Å²) in [5.41, 5.74) is 0. The number of pyridine rings is 1. The first-order chi connectivity index (χ1) is 10.6. The minimum absolute atomic E-state index is 0.140. The lowest BCUT2D eigenvalue weighted by Crippen LogP contribution is -2.48. The van der Waals surface area contributed by atoms with E-state index in [-0.39, 0.29) is 24.7 Å². The summed E-state index contributed by atoms with van der Waals surface area (Å²) in [6, 6.07) is 2.26. The van der Waals surface area contributed by atoms with Crippen LogP contribution in [0.3, 0.4) is 0 Å². The van der Waals surface area contributed by atoms with Gasteiger partial charge in [0.05, 0.1) is 12.8 Å². The van der Waals surface area contributed by atoms with Crippen molar-refractivity contribution in [3.63, 3.8) is 0 Å². The zero-order chi connectivity index (χ0) is 15.8. The van der Waals surface area contributed by atoms with Crippen LogP contribution in [0, 0.1) is 0 Å². The lowest BCUT2D eigenvalue weighted by molar-refractivity contribution is -0.123. The first kappa shape index (κ1) is 15.7. The minimum Gasteiger partial charge on any atom is -0.492 e. The minimum atomic E-state index is -0.689. The van der Waals surface area contributed by atoms with Crippen LogP contribution in [0.1, 0.15) is 19.3 Å². The summed E-state index contributed by atoms with van der Waals surface area (Å²) in [5, 5.41) is 7.29. The van der Waals surface area contributed by atoms with Crippen molar-refractivity contribution in [3.05, 3.63) is 24.5 Å². The molecular weight excluding hydrogens is 288 g/mol. The smallest absolute Gasteiger partial charge is 0.322 e. The Balaban J connectivity index is 1.65. The zero-order valence-corrected chi connectivity index (χ0v) is 12.0. The van der Waals surface area contributed by atoms with Crippen LogP contribution in [0.2, 0.25) is 0 Å². The molecular formula is C14H18N4O4. The van der Waals surface area contributed by atoms with E-state index in [1.54, 1.807) is 24.5 Å². The van der Waals surface area contributed by atoms with Gasteiger partial charge in [-0.25, -0.2) is 4.79 Å². The van der Waals surface area contributed by atoms with E-state index in [1.165, 1.54) is 0 Å². The van der Waals surface area contributed by atoms with Crippen LogP contribution >= 0.6 is 0 Å². The van der Waals surface area contributed by atoms with E-state index >= 15 is 0 Å². The summed E-state index contributed by atoms with van der Waals surface area (Å²) in [6.45, 7) is 0.871. The molecule has 1 atom stereocenters. The van der Waals surface area contributed by atoms with Crippen LogP contribution < -0.4 is 20.7 Å². The quantitative estimate of drug-likeness (QED) is 0.639. The van der Waals surface area contributed by atoms with E-state index in [0.29, 0.717) is 25.3 Å². The van der Waals surface area contributed by atoms with E-state index in [1.807, 2.05) is 0 Å². The molecule has 8 heteroatoms. The van der Waals surface area contributed by atoms with Crippen molar-refractivity contribution in [2.45, 2.75) is 25.3 Å². The summed E-state index contributed by atoms with van der Waals surface area (Å²) < 4.78 is 5.45. The van der Waals surface area contributed by atoms with Crippen molar-refractivity contribution >= 4 is 17.8 Å². The number of hydrogen-bond acceptors (Lipinski definition) is 5. The molecule has 0 unspecified atom stereocenters. The monoisotopic (exact) mass is 306 g/mol. The Kier molecular flexibility index (Phi) is 5.70. The molecule has 1 saturated heterocycles. The first-order valence-electron chi connectivity index (χ1n) is 7.06. The maximum atomic E-state index is 11.9. The summed E-state index contributed by atoms with van der Waals surface area (Å²) in [6.07, 6.45) is 4.33. The number of aromatic nitrogens is 1. The van der Waals surface area contributed by atoms with Crippen molar-refractivity contribution in [1.29, 1.82) is 0 Å². The van der Waals surface area contributed by atoms with Gasteiger partial charge in [0.1, 0.15) is 11.8 Å². The summed E-state index contributed by atoms with van der Waals surface area (Å²) in [5.74, 6) is -0.00153. The van der Waals surface area contributed by atoms with Crippen molar-refractivity contribution in [3.8, 4) is 5.75 Å². The number of hydrogen-bond donors (Lipinski definition) is 3. The second-order valence-electron chi connectivity index (χ2n) is 4.79. The number of urea groups is 1. The number of carbonyl (C=O) groups is 3. The predicted octanol–water partition coefficient (Wildman–Crippen LogP) is -0.0451. The highest BCUT2D eigenvalue weighted by Crippen LogP contribution is 2.06. The Bertz CT molecular complexity index is 535. The average molecular weight is 306 g/mol. The van der Waals surface area contributed by atoms with Gasteiger partial charge in [-0.3, -0.25) is 19.9 Å². The highest BCUT2D eigenvalue weighted by atomic mass is 16.5. The second-order valence-corrected chi connectivity index (χ2v) is 4.79. The fourth-order valence-electron chi connectivity index (χ4n) is 1.96. The number of amides is 4. The van der Waals surface area contributed by atoms with E-state index in [2.05, 4.69) is 20.9 Å². The molecule has 4 amide bonds. The third-order valence-corrected chi connectivity index (χ3v) is 3.06. The number of nitrogens with one attached hydrogen (secondary N) is 3. The molecule has 1 fully saturated rings. The lowest BCUT2D eigenvalue weighted by Gasteiger charge is -2.14. The van der Waals surface area contributed by atoms with Gasteiger partial charge in [0.25, 0.3) is 0 Å². The van der Waals surface area contributed by atoms with Crippen LogP contribution in [0.15, 0.2) is 24.5 Å². The molecule has 22 heavy (non-hydrogen) atoms. The van der Waals surface area contributed by atoms with Gasteiger partial charge in [-0.05, 0) is 25.0 Å². The molecule has 3 N–H and O–H groups in total. The SMILES string of the molecule is O=C1CC[C@H](C(=O)NCCCOc2cccnc2)NC(=O)N1. The molecule has 0 saturated carbocycles. The first-order valence-corrected chi connectivity index (χ1v) is 7.06. The molecule has 0 aliphatic carbocycles. The maximum absolute atomic E-state index is 11.9. The van der Waals surface area contributed by atoms with Gasteiger partial charge in [-0.15, -0.1) is 0 Å². The fraction of sp³-hybridized carbons (Fsp3) is 0.429. The molecule has 1 aliphatic rings. The van der Waals surface area contributed by atoms with Crippen LogP contribution in [-0.4, -0.2) is 42.0 Å². The Morgan fingerprint density at radius 3 is 3.09 bits per heavy atom. The molecule has 0 bridgehead atoms. The van der Waals surface area contributed by atoms with Crippen molar-refractivity contribution < 1.29 is 19.1 Å². The average Bonchev–Trinajstić information content (AvgIpc) is 2.68. The van der Waals surface area contributed by atoms with Crippen LogP contribution in [0.4, 0.5) is 4.79 Å². The number of imide groups is 1. The van der Waals surface area contributed by atoms with Gasteiger partial charge in [0.15, 0.2) is 0 Å². The topological polar surface area (TPSA) is 109 Å². The zero-order valence-electron chi connectivity index (χ0n) is 12.0. The van der Waals surface area contributed by atoms with Gasteiger partial charge < -0.3 is 15.4 Å². The Hall–Kier alpha value is -2.64. The van der Waals surface area contributed by atoms with E-state index in [4.69, 9.17) is 4.74 Å². The molecule has 1 aromatic heterocycles. The Labute approximate surface area is 127 Å². The van der Waals surface area contributed by atoms with Gasteiger partial charge in [-0.2, -0.15) is 0 Å². The number of carbonyl (C=O) groups excluding carboxylic acids is 3. The molecule has 0 radical (unpaired) electrons. The van der Waals surface area contributed by atoms with E-state index < -0.39 is 12.1 Å². The van der Waals surface area contributed by atoms with Gasteiger partial charge in [-0.1, -0.05) is 0 Å². The molecule has 0 spiro atoms. The third kappa shape index (κ3) is 5.04. The van der Waals surface area contributed by atoms with Crippen molar-refractivity contribution in [1.82, 2.24) is 20.9 Å². The summed E-state index contributed by atoms with van der Waals surface area (Å²) >= 11 is 0. The molecule has 118 valence electrons. The lowest BCUT2D eigenvalue weighted by atomic mass is 10.1. The van der Waals surface area contributed by atoms with E-state index in [9.17, 15) is 14.4 Å². The largest absolute Gasteiger partial charge is 0.492 e. The molecule has 8 nitrogen and oxygen atoms in total. The Morgan fingerprint density at radius 2 is 2.32 bits per heavy atom. The van der Waals surface area contributed by atoms with Gasteiger partial charge >= 0.3 is 6.03 Å². The standard InChI is InChI=1S/C14H18N4O4/c19-12-5-4-11(17-14(21)18-12)13(20)16-7-2-8-22-10-3-1-6-15-9-10/h1,3,6,9,11H,2,4-5,7-8H2,(H,16,20)(H2,17,18,19,21)/t11-/m1/s1. The van der Waals surface area contributed by atoms with Crippen LogP contribution in [0.5, 0.6) is 5.75 Å². The van der Waals surface area contributed by atoms with Crippen LogP contribution in [0.25, 0.3) is 0 Å². The van der Waals surface area contributed by atoms with Crippen molar-refractivity contribution in [2.75, 3.05) is 13.2 Å². The number of nitrogens with zero attached hydrogens (tertiary/aromatic N) is 1. The van der Waals surface area contributed by atoms with Gasteiger partial charge in [0, 0.05) is 19.2 Å². The molecule has 2 heterocycles. The predicted molar refractivity (Wildman–Crippen MR) is 77.1 cm³/mol. The maximum Gasteiger partial charge on any atom is 0.322 e. The normalized spacial score (nSPS) is 17.9. The third-order valence-electron chi connectivity index (χ3n) is 3.06. The fourth-order valence-corrected chi connectivity index (χ4v) is 1.96. The molecule has 1 aromatic rings. The highest BCUT2D eigenvalue weighted by molar-refractivity contribution is 5.98. The number of rotatable bonds is 6. The Morgan fingerprint density at radius 1 is 1.45 bits per heavy atom. The molecule has 0 aromatic carbocycles. The van der Waals surface area contributed by atoms with Crippen LogP contribution in [-0.2, 0) is 9.59 Å². The highest BCUT2D eigenvalue weighted by Gasteiger charge is 2.25. The number of ether oxygens (including phenoxy) is 1. The second kappa shape index (κ2) is 7.96. The van der Waals surface area contributed by atoms with Crippen molar-refractivity contribution in [2.24, 2.45) is 0 Å². The molecule has 1 aliphatic heterocycles. The summed E-state index contributed by atoms with van der Waals surface area (Å²) in [4.78, 5) is 38.3. The van der Waals surface area contributed by atoms with Gasteiger partial charge in [0.2, 0.25) is 11.8 Å². The molecule has 2 rings (SSSR count). The summed E-state index contributed by atoms with van der Waals surface area (Å²) in [7, 11) is 0. The van der Waals surface area contributed by atoms with E-state index in [0.717, 1.165) is 0 Å².